The summed E-state index contributed by atoms with van der Waals surface area (Å²) in [6, 6.07) is 10.1. The molecule has 3 nitrogen and oxygen atoms in total. The van der Waals surface area contributed by atoms with Crippen molar-refractivity contribution in [1.82, 2.24) is 4.98 Å². The highest BCUT2D eigenvalue weighted by Crippen LogP contribution is 2.15. The molecule has 0 spiro atoms. The van der Waals surface area contributed by atoms with Gasteiger partial charge in [-0.2, -0.15) is 0 Å². The number of rotatable bonds is 3. The van der Waals surface area contributed by atoms with Gasteiger partial charge >= 0.3 is 0 Å². The van der Waals surface area contributed by atoms with Gasteiger partial charge in [0.2, 0.25) is 5.91 Å². The maximum absolute atomic E-state index is 10.6. The van der Waals surface area contributed by atoms with Gasteiger partial charge in [0.1, 0.15) is 0 Å². The minimum absolute atomic E-state index is 0.261. The molecule has 3 heteroatoms. The molecule has 2 aromatic rings. The Bertz CT molecular complexity index is 426. The normalized spacial score (nSPS) is 10.6. The Morgan fingerprint density at radius 2 is 2.14 bits per heavy atom. The van der Waals surface area contributed by atoms with Crippen molar-refractivity contribution in [2.45, 2.75) is 12.8 Å². The van der Waals surface area contributed by atoms with Crippen LogP contribution in [0.25, 0.3) is 10.9 Å². The standard InChI is InChI=1S/C11H12N2O/c12-11(14)6-5-9-7-8-3-1-2-4-10(8)13-9/h1-4,7,13H,5-6H2,(H2,12,14). The van der Waals surface area contributed by atoms with E-state index in [4.69, 9.17) is 5.73 Å². The molecule has 1 heterocycles. The van der Waals surface area contributed by atoms with Crippen LogP contribution < -0.4 is 5.73 Å². The van der Waals surface area contributed by atoms with E-state index < -0.39 is 0 Å². The molecule has 0 aliphatic rings. The van der Waals surface area contributed by atoms with E-state index in [2.05, 4.69) is 11.1 Å². The number of nitrogens with one attached hydrogen (secondary N) is 1. The number of aromatic amines is 1. The van der Waals surface area contributed by atoms with Gasteiger partial charge in [0.15, 0.2) is 0 Å². The molecule has 0 aliphatic heterocycles. The van der Waals surface area contributed by atoms with Crippen molar-refractivity contribution in [3.05, 3.63) is 36.0 Å². The predicted molar refractivity (Wildman–Crippen MR) is 55.8 cm³/mol. The Balaban J connectivity index is 2.22. The summed E-state index contributed by atoms with van der Waals surface area (Å²) < 4.78 is 0. The highest BCUT2D eigenvalue weighted by molar-refractivity contribution is 5.80. The second-order valence-corrected chi connectivity index (χ2v) is 3.35. The van der Waals surface area contributed by atoms with Gasteiger partial charge in [-0.05, 0) is 23.9 Å². The lowest BCUT2D eigenvalue weighted by Gasteiger charge is -1.92. The smallest absolute Gasteiger partial charge is 0.217 e. The molecule has 0 fully saturated rings. The summed E-state index contributed by atoms with van der Waals surface area (Å²) in [5, 5.41) is 1.17. The van der Waals surface area contributed by atoms with E-state index in [-0.39, 0.29) is 5.91 Å². The van der Waals surface area contributed by atoms with Crippen LogP contribution in [0.5, 0.6) is 0 Å². The number of amides is 1. The third-order valence-corrected chi connectivity index (χ3v) is 2.23. The highest BCUT2D eigenvalue weighted by atomic mass is 16.1. The number of fused-ring (bicyclic) bond motifs is 1. The van der Waals surface area contributed by atoms with Crippen LogP contribution in [0.2, 0.25) is 0 Å². The van der Waals surface area contributed by atoms with E-state index in [1.54, 1.807) is 0 Å². The van der Waals surface area contributed by atoms with Crippen molar-refractivity contribution < 1.29 is 4.79 Å². The van der Waals surface area contributed by atoms with Crippen LogP contribution in [0.15, 0.2) is 30.3 Å². The average Bonchev–Trinajstić information content (AvgIpc) is 2.57. The Kier molecular flexibility index (Phi) is 2.23. The van der Waals surface area contributed by atoms with E-state index in [0.717, 1.165) is 11.2 Å². The predicted octanol–water partition coefficient (Wildman–Crippen LogP) is 1.59. The number of H-pyrrole nitrogens is 1. The maximum atomic E-state index is 10.6. The lowest BCUT2D eigenvalue weighted by atomic mass is 10.2. The fourth-order valence-corrected chi connectivity index (χ4v) is 1.53. The Morgan fingerprint density at radius 3 is 2.86 bits per heavy atom. The summed E-state index contributed by atoms with van der Waals surface area (Å²) in [5.41, 5.74) is 7.25. The van der Waals surface area contributed by atoms with Crippen LogP contribution in [0.4, 0.5) is 0 Å². The van der Waals surface area contributed by atoms with Crippen molar-refractivity contribution in [2.75, 3.05) is 0 Å². The molecule has 1 aromatic heterocycles. The number of nitrogens with two attached hydrogens (primary N) is 1. The first-order valence-corrected chi connectivity index (χ1v) is 4.60. The SMILES string of the molecule is NC(=O)CCc1cc2ccccc2[nH]1. The zero-order chi connectivity index (χ0) is 9.97. The van der Waals surface area contributed by atoms with Crippen molar-refractivity contribution in [1.29, 1.82) is 0 Å². The van der Waals surface area contributed by atoms with E-state index in [1.807, 2.05) is 24.3 Å². The van der Waals surface area contributed by atoms with Gasteiger partial charge in [-0.15, -0.1) is 0 Å². The Hall–Kier alpha value is -1.77. The molecule has 0 radical (unpaired) electrons. The van der Waals surface area contributed by atoms with Gasteiger partial charge in [-0.3, -0.25) is 4.79 Å². The van der Waals surface area contributed by atoms with Crippen LogP contribution in [-0.4, -0.2) is 10.9 Å². The summed E-state index contributed by atoms with van der Waals surface area (Å²) in [7, 11) is 0. The number of hydrogen-bond donors (Lipinski definition) is 2. The van der Waals surface area contributed by atoms with Crippen LogP contribution >= 0.6 is 0 Å². The van der Waals surface area contributed by atoms with Crippen molar-refractivity contribution in [3.8, 4) is 0 Å². The molecule has 0 atom stereocenters. The first-order chi connectivity index (χ1) is 6.75. The van der Waals surface area contributed by atoms with Gasteiger partial charge < -0.3 is 10.7 Å². The van der Waals surface area contributed by atoms with Crippen LogP contribution in [0.3, 0.4) is 0 Å². The third kappa shape index (κ3) is 1.76. The fourth-order valence-electron chi connectivity index (χ4n) is 1.53. The molecule has 3 N–H and O–H groups in total. The van der Waals surface area contributed by atoms with Gasteiger partial charge in [0.05, 0.1) is 0 Å². The summed E-state index contributed by atoms with van der Waals surface area (Å²) in [6.07, 6.45) is 1.08. The quantitative estimate of drug-likeness (QED) is 0.754. The van der Waals surface area contributed by atoms with E-state index in [0.29, 0.717) is 12.8 Å². The number of primary amides is 1. The molecule has 1 aromatic carbocycles. The lowest BCUT2D eigenvalue weighted by Crippen LogP contribution is -2.11. The third-order valence-electron chi connectivity index (χ3n) is 2.23. The maximum Gasteiger partial charge on any atom is 0.217 e. The van der Waals surface area contributed by atoms with Crippen molar-refractivity contribution >= 4 is 16.8 Å². The molecule has 72 valence electrons. The van der Waals surface area contributed by atoms with Crippen LogP contribution in [-0.2, 0) is 11.2 Å². The largest absolute Gasteiger partial charge is 0.370 e. The van der Waals surface area contributed by atoms with Crippen LogP contribution in [0.1, 0.15) is 12.1 Å². The summed E-state index contributed by atoms with van der Waals surface area (Å²) in [4.78, 5) is 13.8. The van der Waals surface area contributed by atoms with Crippen molar-refractivity contribution in [3.63, 3.8) is 0 Å². The van der Waals surface area contributed by atoms with Gasteiger partial charge in [-0.1, -0.05) is 18.2 Å². The van der Waals surface area contributed by atoms with Gasteiger partial charge in [0.25, 0.3) is 0 Å². The van der Waals surface area contributed by atoms with Crippen molar-refractivity contribution in [2.24, 2.45) is 5.73 Å². The first-order valence-electron chi connectivity index (χ1n) is 4.60. The average molecular weight is 188 g/mol. The summed E-state index contributed by atoms with van der Waals surface area (Å²) in [6.45, 7) is 0. The van der Waals surface area contributed by atoms with E-state index in [1.165, 1.54) is 5.39 Å². The number of carbonyl (C=O) groups excluding carboxylic acids is 1. The molecule has 0 unspecified atom stereocenters. The monoisotopic (exact) mass is 188 g/mol. The number of aromatic nitrogens is 1. The number of benzene rings is 1. The minimum atomic E-state index is -0.261. The van der Waals surface area contributed by atoms with Gasteiger partial charge in [-0.25, -0.2) is 0 Å². The molecular weight excluding hydrogens is 176 g/mol. The first kappa shape index (κ1) is 8.81. The Morgan fingerprint density at radius 1 is 1.36 bits per heavy atom. The zero-order valence-electron chi connectivity index (χ0n) is 7.79. The fraction of sp³-hybridized carbons (Fsp3) is 0.182. The summed E-state index contributed by atoms with van der Waals surface area (Å²) in [5.74, 6) is -0.261. The number of hydrogen-bond acceptors (Lipinski definition) is 1. The molecule has 0 saturated carbocycles. The molecule has 1 amide bonds. The topological polar surface area (TPSA) is 58.9 Å². The summed E-state index contributed by atoms with van der Waals surface area (Å²) >= 11 is 0. The second-order valence-electron chi connectivity index (χ2n) is 3.35. The number of para-hydroxylation sites is 1. The van der Waals surface area contributed by atoms with Gasteiger partial charge in [0, 0.05) is 17.6 Å². The molecule has 2 rings (SSSR count). The van der Waals surface area contributed by atoms with E-state index in [9.17, 15) is 4.79 Å². The zero-order valence-corrected chi connectivity index (χ0v) is 7.79. The highest BCUT2D eigenvalue weighted by Gasteiger charge is 2.01. The second kappa shape index (κ2) is 3.54. The molecule has 0 saturated heterocycles. The number of carbonyl (C=O) groups is 1. The van der Waals surface area contributed by atoms with Crippen LogP contribution in [0, 0.1) is 0 Å². The lowest BCUT2D eigenvalue weighted by molar-refractivity contribution is -0.118. The number of aryl methyl sites for hydroxylation is 1. The minimum Gasteiger partial charge on any atom is -0.370 e. The Labute approximate surface area is 81.9 Å². The molecule has 0 aliphatic carbocycles. The molecule has 14 heavy (non-hydrogen) atoms. The van der Waals surface area contributed by atoms with E-state index >= 15 is 0 Å². The molecule has 0 bridgehead atoms. The molecular formula is C11H12N2O.